The van der Waals surface area contributed by atoms with E-state index in [4.69, 9.17) is 5.11 Å². The molecule has 0 amide bonds. The topological polar surface area (TPSA) is 75.3 Å². The first kappa shape index (κ1) is 11.2. The van der Waals surface area contributed by atoms with Gasteiger partial charge < -0.3 is 14.8 Å². The summed E-state index contributed by atoms with van der Waals surface area (Å²) < 4.78 is 1.69. The zero-order valence-corrected chi connectivity index (χ0v) is 9.24. The molecule has 2 rings (SSSR count). The Morgan fingerprint density at radius 1 is 1.35 bits per heavy atom. The van der Waals surface area contributed by atoms with Crippen LogP contribution in [-0.4, -0.2) is 25.7 Å². The van der Waals surface area contributed by atoms with Gasteiger partial charge in [0.1, 0.15) is 5.75 Å². The Kier molecular flexibility index (Phi) is 2.82. The molecule has 5 heteroatoms. The highest BCUT2D eigenvalue weighted by atomic mass is 16.4. The van der Waals surface area contributed by atoms with Crippen LogP contribution in [0.1, 0.15) is 18.5 Å². The zero-order chi connectivity index (χ0) is 12.4. The van der Waals surface area contributed by atoms with Gasteiger partial charge in [0.05, 0.1) is 17.9 Å². The minimum atomic E-state index is -0.898. The van der Waals surface area contributed by atoms with E-state index in [1.807, 2.05) is 0 Å². The van der Waals surface area contributed by atoms with E-state index in [1.54, 1.807) is 42.1 Å². The molecule has 17 heavy (non-hydrogen) atoms. The molecule has 1 aromatic carbocycles. The maximum Gasteiger partial charge on any atom is 0.312 e. The summed E-state index contributed by atoms with van der Waals surface area (Å²) in [6.07, 6.45) is 3.09. The number of rotatable bonds is 3. The van der Waals surface area contributed by atoms with E-state index in [1.165, 1.54) is 6.20 Å². The van der Waals surface area contributed by atoms with Gasteiger partial charge in [0.15, 0.2) is 0 Å². The quantitative estimate of drug-likeness (QED) is 0.845. The van der Waals surface area contributed by atoms with Crippen molar-refractivity contribution in [3.05, 3.63) is 42.5 Å². The second-order valence-corrected chi connectivity index (χ2v) is 3.76. The van der Waals surface area contributed by atoms with Crippen LogP contribution in [0.2, 0.25) is 0 Å². The monoisotopic (exact) mass is 232 g/mol. The minimum Gasteiger partial charge on any atom is -0.508 e. The number of aromatic nitrogens is 2. The lowest BCUT2D eigenvalue weighted by Gasteiger charge is -2.11. The van der Waals surface area contributed by atoms with E-state index in [-0.39, 0.29) is 5.75 Å². The Bertz CT molecular complexity index is 531. The minimum absolute atomic E-state index is 0.168. The fourth-order valence-corrected chi connectivity index (χ4v) is 1.58. The van der Waals surface area contributed by atoms with Crippen molar-refractivity contribution in [3.8, 4) is 11.4 Å². The largest absolute Gasteiger partial charge is 0.508 e. The number of phenolic OH excluding ortho intramolecular Hbond substituents is 1. The summed E-state index contributed by atoms with van der Waals surface area (Å²) in [5, 5.41) is 18.2. The molecule has 0 fully saturated rings. The number of benzene rings is 1. The molecule has 0 aliphatic carbocycles. The molecule has 88 valence electrons. The number of phenols is 1. The van der Waals surface area contributed by atoms with Gasteiger partial charge in [0, 0.05) is 11.9 Å². The number of aromatic hydroxyl groups is 1. The number of nitrogens with zero attached hydrogens (tertiary/aromatic N) is 2. The van der Waals surface area contributed by atoms with Crippen molar-refractivity contribution in [1.82, 2.24) is 9.55 Å². The van der Waals surface area contributed by atoms with Gasteiger partial charge in [-0.25, -0.2) is 4.98 Å². The Hall–Kier alpha value is -2.30. The third kappa shape index (κ3) is 2.13. The summed E-state index contributed by atoms with van der Waals surface area (Å²) in [7, 11) is 0. The lowest BCUT2D eigenvalue weighted by molar-refractivity contribution is -0.138. The van der Waals surface area contributed by atoms with Gasteiger partial charge in [-0.15, -0.1) is 0 Å². The first-order valence-electron chi connectivity index (χ1n) is 5.14. The number of aliphatic carboxylic acids is 1. The number of hydrogen-bond donors (Lipinski definition) is 2. The SMILES string of the molecule is CC(C(=O)O)c1cncn1-c1ccc(O)cc1. The first-order valence-corrected chi connectivity index (χ1v) is 5.14. The molecule has 0 saturated carbocycles. The smallest absolute Gasteiger partial charge is 0.312 e. The summed E-state index contributed by atoms with van der Waals surface area (Å²) in [4.78, 5) is 14.9. The highest BCUT2D eigenvalue weighted by Gasteiger charge is 2.18. The number of carboxylic acid groups (broad SMARTS) is 1. The zero-order valence-electron chi connectivity index (χ0n) is 9.24. The highest BCUT2D eigenvalue weighted by molar-refractivity contribution is 5.75. The molecule has 0 radical (unpaired) electrons. The van der Waals surface area contributed by atoms with Crippen LogP contribution < -0.4 is 0 Å². The Labute approximate surface area is 98.0 Å². The molecule has 0 bridgehead atoms. The summed E-state index contributed by atoms with van der Waals surface area (Å²) >= 11 is 0. The predicted octanol–water partition coefficient (Wildman–Crippen LogP) is 1.77. The molecule has 2 N–H and O–H groups in total. The van der Waals surface area contributed by atoms with Gasteiger partial charge in [-0.3, -0.25) is 4.79 Å². The van der Waals surface area contributed by atoms with E-state index in [9.17, 15) is 9.90 Å². The number of hydrogen-bond acceptors (Lipinski definition) is 3. The normalized spacial score (nSPS) is 12.3. The van der Waals surface area contributed by atoms with Crippen molar-refractivity contribution < 1.29 is 15.0 Å². The number of carboxylic acids is 1. The molecule has 1 unspecified atom stereocenters. The van der Waals surface area contributed by atoms with Gasteiger partial charge in [-0.1, -0.05) is 0 Å². The van der Waals surface area contributed by atoms with Gasteiger partial charge >= 0.3 is 5.97 Å². The summed E-state index contributed by atoms with van der Waals surface area (Å²) in [5.74, 6) is -1.36. The van der Waals surface area contributed by atoms with Gasteiger partial charge in [-0.2, -0.15) is 0 Å². The molecule has 1 aromatic heterocycles. The van der Waals surface area contributed by atoms with Crippen LogP contribution in [0.15, 0.2) is 36.8 Å². The predicted molar refractivity (Wildman–Crippen MR) is 61.3 cm³/mol. The molecule has 1 heterocycles. The van der Waals surface area contributed by atoms with Gasteiger partial charge in [0.2, 0.25) is 0 Å². The van der Waals surface area contributed by atoms with Crippen LogP contribution in [0.25, 0.3) is 5.69 Å². The van der Waals surface area contributed by atoms with Crippen molar-refractivity contribution in [3.63, 3.8) is 0 Å². The van der Waals surface area contributed by atoms with Crippen molar-refractivity contribution in [2.75, 3.05) is 0 Å². The van der Waals surface area contributed by atoms with Crippen LogP contribution >= 0.6 is 0 Å². The lowest BCUT2D eigenvalue weighted by atomic mass is 10.1. The Morgan fingerprint density at radius 2 is 2.00 bits per heavy atom. The van der Waals surface area contributed by atoms with Crippen LogP contribution in [0.5, 0.6) is 5.75 Å². The molecule has 2 aromatic rings. The molecular weight excluding hydrogens is 220 g/mol. The van der Waals surface area contributed by atoms with Gasteiger partial charge in [0.25, 0.3) is 0 Å². The fraction of sp³-hybridized carbons (Fsp3) is 0.167. The van der Waals surface area contributed by atoms with Crippen LogP contribution in [0.4, 0.5) is 0 Å². The van der Waals surface area contributed by atoms with E-state index in [0.29, 0.717) is 5.69 Å². The summed E-state index contributed by atoms with van der Waals surface area (Å²) in [6.45, 7) is 1.61. The van der Waals surface area contributed by atoms with Crippen molar-refractivity contribution in [2.45, 2.75) is 12.8 Å². The fourth-order valence-electron chi connectivity index (χ4n) is 1.58. The highest BCUT2D eigenvalue weighted by Crippen LogP contribution is 2.20. The number of imidazole rings is 1. The maximum absolute atomic E-state index is 11.0. The molecule has 0 aliphatic heterocycles. The van der Waals surface area contributed by atoms with Crippen LogP contribution in [0, 0.1) is 0 Å². The molecule has 0 aliphatic rings. The molecular formula is C12H12N2O3. The third-order valence-corrected chi connectivity index (χ3v) is 2.61. The molecule has 1 atom stereocenters. The van der Waals surface area contributed by atoms with Crippen molar-refractivity contribution in [1.29, 1.82) is 0 Å². The van der Waals surface area contributed by atoms with Crippen LogP contribution in [0.3, 0.4) is 0 Å². The van der Waals surface area contributed by atoms with Crippen molar-refractivity contribution in [2.24, 2.45) is 0 Å². The summed E-state index contributed by atoms with van der Waals surface area (Å²) in [6, 6.07) is 6.50. The molecule has 5 nitrogen and oxygen atoms in total. The average molecular weight is 232 g/mol. The molecule has 0 saturated heterocycles. The lowest BCUT2D eigenvalue weighted by Crippen LogP contribution is -2.11. The second kappa shape index (κ2) is 4.29. The first-order chi connectivity index (χ1) is 8.09. The second-order valence-electron chi connectivity index (χ2n) is 3.76. The number of carbonyl (C=O) groups is 1. The third-order valence-electron chi connectivity index (χ3n) is 2.61. The van der Waals surface area contributed by atoms with Crippen molar-refractivity contribution >= 4 is 5.97 Å². The Balaban J connectivity index is 2.43. The van der Waals surface area contributed by atoms with Gasteiger partial charge in [-0.05, 0) is 31.2 Å². The molecule has 0 spiro atoms. The van der Waals surface area contributed by atoms with E-state index >= 15 is 0 Å². The average Bonchev–Trinajstić information content (AvgIpc) is 2.77. The van der Waals surface area contributed by atoms with E-state index in [0.717, 1.165) is 5.69 Å². The van der Waals surface area contributed by atoms with E-state index < -0.39 is 11.9 Å². The van der Waals surface area contributed by atoms with Crippen LogP contribution in [-0.2, 0) is 4.79 Å². The summed E-state index contributed by atoms with van der Waals surface area (Å²) in [5.41, 5.74) is 1.37. The standard InChI is InChI=1S/C12H12N2O3/c1-8(12(16)17)11-6-13-7-14(11)9-2-4-10(15)5-3-9/h2-8,15H,1H3,(H,16,17). The van der Waals surface area contributed by atoms with E-state index in [2.05, 4.69) is 4.98 Å². The maximum atomic E-state index is 11.0. The Morgan fingerprint density at radius 3 is 2.59 bits per heavy atom.